The molecule has 0 N–H and O–H groups in total. The predicted molar refractivity (Wildman–Crippen MR) is 99.9 cm³/mol. The first kappa shape index (κ1) is 18.1. The van der Waals surface area contributed by atoms with Crippen LogP contribution in [0.2, 0.25) is 0 Å². The molecule has 0 saturated heterocycles. The van der Waals surface area contributed by atoms with Gasteiger partial charge in [0.1, 0.15) is 0 Å². The average molecular weight is 356 g/mol. The molecule has 4 heteroatoms. The van der Waals surface area contributed by atoms with Crippen LogP contribution in [0.25, 0.3) is 22.4 Å². The zero-order valence-corrected chi connectivity index (χ0v) is 14.7. The third-order valence-electron chi connectivity index (χ3n) is 4.28. The fraction of sp³-hybridized carbons (Fsp3) is 0.182. The lowest BCUT2D eigenvalue weighted by Crippen LogP contribution is -1.95. The van der Waals surface area contributed by atoms with E-state index in [2.05, 4.69) is 0 Å². The summed E-state index contributed by atoms with van der Waals surface area (Å²) in [6.45, 7) is 4.11. The van der Waals surface area contributed by atoms with Crippen LogP contribution < -0.4 is 4.74 Å². The van der Waals surface area contributed by atoms with Gasteiger partial charge in [0.2, 0.25) is 0 Å². The molecule has 134 valence electrons. The predicted octanol–water partition coefficient (Wildman–Crippen LogP) is 6.70. The Kier molecular flexibility index (Phi) is 5.31. The second-order valence-electron chi connectivity index (χ2n) is 5.93. The number of halogens is 3. The Hall–Kier alpha value is -2.75. The minimum atomic E-state index is -0.967. The summed E-state index contributed by atoms with van der Waals surface area (Å²) in [4.78, 5) is 0. The maximum atomic E-state index is 14.6. The zero-order chi connectivity index (χ0) is 18.7. The summed E-state index contributed by atoms with van der Waals surface area (Å²) < 4.78 is 48.7. The lowest BCUT2D eigenvalue weighted by Gasteiger charge is -2.09. The van der Waals surface area contributed by atoms with Crippen LogP contribution in [0, 0.1) is 5.82 Å². The second-order valence-corrected chi connectivity index (χ2v) is 5.93. The number of hydrogen-bond acceptors (Lipinski definition) is 1. The maximum Gasteiger partial charge on any atom is 0.172 e. The Labute approximate surface area is 150 Å². The van der Waals surface area contributed by atoms with Crippen LogP contribution in [0.3, 0.4) is 0 Å². The van der Waals surface area contributed by atoms with Gasteiger partial charge in [0, 0.05) is 16.5 Å². The van der Waals surface area contributed by atoms with Gasteiger partial charge < -0.3 is 4.74 Å². The van der Waals surface area contributed by atoms with E-state index in [9.17, 15) is 13.2 Å². The molecule has 0 bridgehead atoms. The molecule has 3 aromatic rings. The van der Waals surface area contributed by atoms with E-state index >= 15 is 0 Å². The highest BCUT2D eigenvalue weighted by atomic mass is 19.2. The summed E-state index contributed by atoms with van der Waals surface area (Å²) in [6.07, 6.45) is 0.827. The number of rotatable bonds is 5. The number of fused-ring (bicyclic) bond motifs is 1. The van der Waals surface area contributed by atoms with Crippen molar-refractivity contribution >= 4 is 22.4 Å². The van der Waals surface area contributed by atoms with Crippen LogP contribution in [0.5, 0.6) is 5.75 Å². The largest absolute Gasteiger partial charge is 0.491 e. The van der Waals surface area contributed by atoms with Crippen molar-refractivity contribution in [2.24, 2.45) is 0 Å². The molecule has 0 aliphatic carbocycles. The molecule has 0 atom stereocenters. The van der Waals surface area contributed by atoms with Gasteiger partial charge >= 0.3 is 0 Å². The van der Waals surface area contributed by atoms with E-state index in [4.69, 9.17) is 4.74 Å². The van der Waals surface area contributed by atoms with Gasteiger partial charge in [-0.2, -0.15) is 0 Å². The van der Waals surface area contributed by atoms with Crippen molar-refractivity contribution in [3.05, 3.63) is 77.1 Å². The van der Waals surface area contributed by atoms with E-state index in [0.29, 0.717) is 17.4 Å². The molecular formula is C22H19F3O. The number of aryl methyl sites for hydroxylation is 1. The van der Waals surface area contributed by atoms with Crippen LogP contribution in [-0.2, 0) is 6.42 Å². The van der Waals surface area contributed by atoms with Crippen molar-refractivity contribution < 1.29 is 17.9 Å². The van der Waals surface area contributed by atoms with Crippen molar-refractivity contribution in [2.45, 2.75) is 20.3 Å². The maximum absolute atomic E-state index is 14.6. The van der Waals surface area contributed by atoms with Gasteiger partial charge in [0.25, 0.3) is 0 Å². The monoisotopic (exact) mass is 356 g/mol. The van der Waals surface area contributed by atoms with Crippen LogP contribution in [-0.4, -0.2) is 6.61 Å². The molecule has 0 unspecified atom stereocenters. The second kappa shape index (κ2) is 7.65. The molecule has 0 amide bonds. The highest BCUT2D eigenvalue weighted by molar-refractivity contribution is 5.91. The Bertz CT molecular complexity index is 959. The average Bonchev–Trinajstić information content (AvgIpc) is 2.69. The number of benzene rings is 3. The molecule has 0 radical (unpaired) electrons. The van der Waals surface area contributed by atoms with Crippen molar-refractivity contribution in [2.75, 3.05) is 6.61 Å². The lowest BCUT2D eigenvalue weighted by atomic mass is 10.0. The van der Waals surface area contributed by atoms with Gasteiger partial charge in [0.15, 0.2) is 23.2 Å². The topological polar surface area (TPSA) is 9.23 Å². The first-order valence-electron chi connectivity index (χ1n) is 8.55. The summed E-state index contributed by atoms with van der Waals surface area (Å²) in [5, 5.41) is 0.785. The van der Waals surface area contributed by atoms with Gasteiger partial charge in [-0.1, -0.05) is 49.4 Å². The standard InChI is InChI=1S/C22H19F3O/c1-3-14-5-7-15(8-6-14)20(23)21(24)17-9-11-18-16(13-17)10-12-19(22(18)25)26-4-2/h5-13H,3-4H2,1-2H3. The summed E-state index contributed by atoms with van der Waals surface area (Å²) in [6, 6.07) is 14.0. The minimum Gasteiger partial charge on any atom is -0.491 e. The highest BCUT2D eigenvalue weighted by Gasteiger charge is 2.14. The number of ether oxygens (including phenoxy) is 1. The van der Waals surface area contributed by atoms with Crippen LogP contribution in [0.4, 0.5) is 13.2 Å². The van der Waals surface area contributed by atoms with Gasteiger partial charge in [0.05, 0.1) is 6.61 Å². The summed E-state index contributed by atoms with van der Waals surface area (Å²) in [7, 11) is 0. The number of hydrogen-bond donors (Lipinski definition) is 0. The van der Waals surface area contributed by atoms with Gasteiger partial charge in [-0.25, -0.2) is 13.2 Å². The Morgan fingerprint density at radius 1 is 0.846 bits per heavy atom. The van der Waals surface area contributed by atoms with Gasteiger partial charge in [-0.3, -0.25) is 0 Å². The fourth-order valence-electron chi connectivity index (χ4n) is 2.82. The molecule has 26 heavy (non-hydrogen) atoms. The van der Waals surface area contributed by atoms with E-state index in [1.807, 2.05) is 6.92 Å². The van der Waals surface area contributed by atoms with Crippen LogP contribution in [0.15, 0.2) is 54.6 Å². The first-order valence-corrected chi connectivity index (χ1v) is 8.55. The smallest absolute Gasteiger partial charge is 0.172 e. The summed E-state index contributed by atoms with van der Waals surface area (Å²) in [5.41, 5.74) is 1.30. The minimum absolute atomic E-state index is 0.0677. The quantitative estimate of drug-likeness (QED) is 0.462. The molecule has 3 rings (SSSR count). The van der Waals surface area contributed by atoms with Crippen LogP contribution >= 0.6 is 0 Å². The van der Waals surface area contributed by atoms with Gasteiger partial charge in [-0.15, -0.1) is 0 Å². The molecular weight excluding hydrogens is 337 g/mol. The fourth-order valence-corrected chi connectivity index (χ4v) is 2.82. The zero-order valence-electron chi connectivity index (χ0n) is 14.7. The van der Waals surface area contributed by atoms with E-state index in [1.165, 1.54) is 24.3 Å². The van der Waals surface area contributed by atoms with Gasteiger partial charge in [-0.05, 0) is 36.4 Å². The lowest BCUT2D eigenvalue weighted by molar-refractivity contribution is 0.323. The third kappa shape index (κ3) is 3.45. The first-order chi connectivity index (χ1) is 12.5. The van der Waals surface area contributed by atoms with E-state index in [-0.39, 0.29) is 16.9 Å². The van der Waals surface area contributed by atoms with E-state index in [0.717, 1.165) is 12.0 Å². The van der Waals surface area contributed by atoms with Crippen molar-refractivity contribution in [3.63, 3.8) is 0 Å². The molecule has 1 nitrogen and oxygen atoms in total. The molecule has 0 spiro atoms. The SMILES string of the molecule is CCOc1ccc2cc(C(F)=C(F)c3ccc(CC)cc3)ccc2c1F. The molecule has 0 fully saturated rings. The highest BCUT2D eigenvalue weighted by Crippen LogP contribution is 2.33. The Morgan fingerprint density at radius 2 is 1.50 bits per heavy atom. The summed E-state index contributed by atoms with van der Waals surface area (Å²) >= 11 is 0. The third-order valence-corrected chi connectivity index (χ3v) is 4.28. The Morgan fingerprint density at radius 3 is 2.15 bits per heavy atom. The molecule has 0 aromatic heterocycles. The molecule has 0 aliphatic heterocycles. The molecule has 0 saturated carbocycles. The Balaban J connectivity index is 2.01. The normalized spacial score (nSPS) is 12.2. The molecule has 0 aliphatic rings. The summed E-state index contributed by atoms with van der Waals surface area (Å²) in [5.74, 6) is -2.26. The van der Waals surface area contributed by atoms with E-state index < -0.39 is 17.5 Å². The van der Waals surface area contributed by atoms with Crippen molar-refractivity contribution in [3.8, 4) is 5.75 Å². The van der Waals surface area contributed by atoms with Crippen molar-refractivity contribution in [1.29, 1.82) is 0 Å². The van der Waals surface area contributed by atoms with Crippen molar-refractivity contribution in [1.82, 2.24) is 0 Å². The van der Waals surface area contributed by atoms with Crippen LogP contribution in [0.1, 0.15) is 30.5 Å². The van der Waals surface area contributed by atoms with E-state index in [1.54, 1.807) is 37.3 Å². The molecule has 0 heterocycles. The molecule has 3 aromatic carbocycles.